The van der Waals surface area contributed by atoms with Crippen LogP contribution in [0.15, 0.2) is 22.9 Å². The van der Waals surface area contributed by atoms with Crippen molar-refractivity contribution in [1.82, 2.24) is 26.1 Å². The smallest absolute Gasteiger partial charge is 0.252 e. The molecule has 0 aliphatic rings. The van der Waals surface area contributed by atoms with Gasteiger partial charge in [-0.3, -0.25) is 30.1 Å². The van der Waals surface area contributed by atoms with Crippen LogP contribution in [0.5, 0.6) is 0 Å². The highest BCUT2D eigenvalue weighted by Gasteiger charge is 2.14. The van der Waals surface area contributed by atoms with Gasteiger partial charge in [0.05, 0.1) is 26.1 Å². The number of thiazole rings is 1. The summed E-state index contributed by atoms with van der Waals surface area (Å²) in [5.74, 6) is -0.873. The molecule has 2 rings (SSSR count). The molecule has 0 spiro atoms. The molecular weight excluding hydrogens is 386 g/mol. The second kappa shape index (κ2) is 10.8. The molecule has 10 heteroatoms. The molecular formula is C17H23N5O3S2. The van der Waals surface area contributed by atoms with Gasteiger partial charge in [-0.25, -0.2) is 4.98 Å². The Bertz CT molecular complexity index is 760. The first-order valence-corrected chi connectivity index (χ1v) is 10.2. The summed E-state index contributed by atoms with van der Waals surface area (Å²) >= 11 is 2.98. The number of carbonyl (C=O) groups is 3. The minimum Gasteiger partial charge on any atom is -0.350 e. The highest BCUT2D eigenvalue weighted by molar-refractivity contribution is 7.10. The van der Waals surface area contributed by atoms with E-state index in [1.165, 1.54) is 11.3 Å². The van der Waals surface area contributed by atoms with E-state index in [1.807, 2.05) is 36.7 Å². The topological polar surface area (TPSA) is 103 Å². The minimum atomic E-state index is -0.383. The van der Waals surface area contributed by atoms with Gasteiger partial charge in [0.2, 0.25) is 11.8 Å². The quantitative estimate of drug-likeness (QED) is 0.533. The van der Waals surface area contributed by atoms with Crippen molar-refractivity contribution in [1.29, 1.82) is 0 Å². The summed E-state index contributed by atoms with van der Waals surface area (Å²) in [7, 11) is 0. The van der Waals surface area contributed by atoms with E-state index in [0.717, 1.165) is 10.6 Å². The average molecular weight is 410 g/mol. The van der Waals surface area contributed by atoms with Gasteiger partial charge in [-0.05, 0) is 24.9 Å². The number of nitrogens with one attached hydrogen (secondary N) is 3. The number of hydrogen-bond donors (Lipinski definition) is 3. The molecule has 3 N–H and O–H groups in total. The third-order valence-electron chi connectivity index (χ3n) is 3.54. The zero-order chi connectivity index (χ0) is 19.6. The molecule has 0 aliphatic carbocycles. The molecule has 0 saturated heterocycles. The molecule has 27 heavy (non-hydrogen) atoms. The predicted molar refractivity (Wildman–Crippen MR) is 105 cm³/mol. The predicted octanol–water partition coefficient (Wildman–Crippen LogP) is 0.841. The van der Waals surface area contributed by atoms with Gasteiger partial charge in [0.15, 0.2) is 0 Å². The lowest BCUT2D eigenvalue weighted by molar-refractivity contribution is -0.130. The van der Waals surface area contributed by atoms with Crippen molar-refractivity contribution in [2.75, 3.05) is 19.6 Å². The first kappa shape index (κ1) is 21.0. The monoisotopic (exact) mass is 409 g/mol. The molecule has 0 fully saturated rings. The van der Waals surface area contributed by atoms with Crippen LogP contribution < -0.4 is 16.2 Å². The Hall–Kier alpha value is -2.30. The van der Waals surface area contributed by atoms with Crippen LogP contribution >= 0.6 is 22.7 Å². The summed E-state index contributed by atoms with van der Waals surface area (Å²) in [6.45, 7) is 4.86. The summed E-state index contributed by atoms with van der Waals surface area (Å²) in [6.07, 6.45) is 0.113. The average Bonchev–Trinajstić information content (AvgIpc) is 3.29. The number of aromatic nitrogens is 1. The third kappa shape index (κ3) is 7.85. The number of thiophene rings is 1. The number of carbonyl (C=O) groups excluding carboxylic acids is 3. The number of hydrogen-bond acceptors (Lipinski definition) is 7. The number of aryl methyl sites for hydroxylation is 1. The Morgan fingerprint density at radius 2 is 1.85 bits per heavy atom. The fourth-order valence-corrected chi connectivity index (χ4v) is 3.60. The van der Waals surface area contributed by atoms with Gasteiger partial charge in [0, 0.05) is 16.0 Å². The molecule has 2 heterocycles. The van der Waals surface area contributed by atoms with E-state index in [-0.39, 0.29) is 37.2 Å². The first-order valence-electron chi connectivity index (χ1n) is 8.46. The molecule has 0 atom stereocenters. The Morgan fingerprint density at radius 1 is 1.11 bits per heavy atom. The van der Waals surface area contributed by atoms with Crippen LogP contribution in [0.4, 0.5) is 0 Å². The Labute approximate surface area is 166 Å². The molecule has 3 amide bonds. The fraction of sp³-hybridized carbons (Fsp3) is 0.412. The largest absolute Gasteiger partial charge is 0.350 e. The van der Waals surface area contributed by atoms with Gasteiger partial charge >= 0.3 is 0 Å². The second-order valence-corrected chi connectivity index (χ2v) is 7.79. The van der Waals surface area contributed by atoms with Crippen molar-refractivity contribution < 1.29 is 14.4 Å². The fourth-order valence-electron chi connectivity index (χ4n) is 2.18. The van der Waals surface area contributed by atoms with E-state index in [0.29, 0.717) is 18.1 Å². The van der Waals surface area contributed by atoms with Crippen LogP contribution in [0.3, 0.4) is 0 Å². The Kier molecular flexibility index (Phi) is 8.37. The minimum absolute atomic E-state index is 0.0135. The summed E-state index contributed by atoms with van der Waals surface area (Å²) in [5, 5.41) is 7.33. The van der Waals surface area contributed by atoms with Gasteiger partial charge < -0.3 is 5.32 Å². The maximum absolute atomic E-state index is 12.0. The van der Waals surface area contributed by atoms with Crippen LogP contribution in [-0.2, 0) is 27.3 Å². The summed E-state index contributed by atoms with van der Waals surface area (Å²) < 4.78 is 0. The van der Waals surface area contributed by atoms with Crippen molar-refractivity contribution in [3.8, 4) is 0 Å². The van der Waals surface area contributed by atoms with Crippen molar-refractivity contribution in [3.05, 3.63) is 38.5 Å². The van der Waals surface area contributed by atoms with E-state index >= 15 is 0 Å². The number of amides is 3. The van der Waals surface area contributed by atoms with Gasteiger partial charge in [0.1, 0.15) is 5.01 Å². The van der Waals surface area contributed by atoms with Crippen LogP contribution in [0.2, 0.25) is 0 Å². The zero-order valence-corrected chi connectivity index (χ0v) is 16.9. The van der Waals surface area contributed by atoms with Gasteiger partial charge in [-0.1, -0.05) is 13.0 Å². The molecule has 0 aliphatic heterocycles. The van der Waals surface area contributed by atoms with E-state index in [1.54, 1.807) is 16.2 Å². The normalized spacial score (nSPS) is 10.6. The highest BCUT2D eigenvalue weighted by Crippen LogP contribution is 2.09. The number of likely N-dealkylation sites (N-methyl/N-ethyl adjacent to an activating group) is 1. The first-order chi connectivity index (χ1) is 13.0. The van der Waals surface area contributed by atoms with E-state index in [2.05, 4.69) is 21.2 Å². The van der Waals surface area contributed by atoms with Crippen molar-refractivity contribution in [2.24, 2.45) is 0 Å². The molecule has 0 aromatic carbocycles. The Morgan fingerprint density at radius 3 is 2.48 bits per heavy atom. The second-order valence-electron chi connectivity index (χ2n) is 5.82. The van der Waals surface area contributed by atoms with Crippen LogP contribution in [0.1, 0.15) is 22.5 Å². The molecule has 146 valence electrons. The summed E-state index contributed by atoms with van der Waals surface area (Å²) in [6, 6.07) is 3.88. The lowest BCUT2D eigenvalue weighted by Gasteiger charge is -2.19. The van der Waals surface area contributed by atoms with E-state index < -0.39 is 0 Å². The molecule has 0 unspecified atom stereocenters. The Balaban J connectivity index is 1.67. The van der Waals surface area contributed by atoms with Crippen LogP contribution in [-0.4, -0.2) is 47.2 Å². The molecule has 2 aromatic heterocycles. The lowest BCUT2D eigenvalue weighted by Crippen LogP contribution is -2.48. The van der Waals surface area contributed by atoms with E-state index in [4.69, 9.17) is 0 Å². The molecule has 0 bridgehead atoms. The standard InChI is InChI=1S/C17H23N5O3S2/c1-3-22(9-15(24)18-8-13-5-4-6-26-13)10-16(25)21-20-14(23)7-17-19-12(2)11-27-17/h4-6,11H,3,7-10H2,1-2H3,(H,18,24)(H,20,23)(H,21,25). The molecule has 0 radical (unpaired) electrons. The van der Waals surface area contributed by atoms with Gasteiger partial charge in [-0.15, -0.1) is 22.7 Å². The van der Waals surface area contributed by atoms with Gasteiger partial charge in [0.25, 0.3) is 5.91 Å². The number of hydrazine groups is 1. The maximum atomic E-state index is 12.0. The van der Waals surface area contributed by atoms with Crippen molar-refractivity contribution in [3.63, 3.8) is 0 Å². The number of nitrogens with zero attached hydrogens (tertiary/aromatic N) is 2. The van der Waals surface area contributed by atoms with Crippen LogP contribution in [0.25, 0.3) is 0 Å². The van der Waals surface area contributed by atoms with Crippen molar-refractivity contribution in [2.45, 2.75) is 26.8 Å². The third-order valence-corrected chi connectivity index (χ3v) is 5.38. The summed E-state index contributed by atoms with van der Waals surface area (Å²) in [4.78, 5) is 42.8. The lowest BCUT2D eigenvalue weighted by atomic mass is 10.4. The molecule has 2 aromatic rings. The zero-order valence-electron chi connectivity index (χ0n) is 15.3. The highest BCUT2D eigenvalue weighted by atomic mass is 32.1. The van der Waals surface area contributed by atoms with E-state index in [9.17, 15) is 14.4 Å². The maximum Gasteiger partial charge on any atom is 0.252 e. The van der Waals surface area contributed by atoms with Gasteiger partial charge in [-0.2, -0.15) is 0 Å². The number of rotatable bonds is 9. The summed E-state index contributed by atoms with van der Waals surface area (Å²) in [5.41, 5.74) is 5.60. The molecule has 0 saturated carbocycles. The van der Waals surface area contributed by atoms with Crippen LogP contribution in [0, 0.1) is 6.92 Å². The van der Waals surface area contributed by atoms with Crippen molar-refractivity contribution >= 4 is 40.4 Å². The molecule has 8 nitrogen and oxygen atoms in total. The SMILES string of the molecule is CCN(CC(=O)NCc1cccs1)CC(=O)NNC(=O)Cc1nc(C)cs1.